The van der Waals surface area contributed by atoms with E-state index in [1.165, 1.54) is 5.57 Å². The molecular formula is C17H24O2. The maximum Gasteiger partial charge on any atom is 0.142 e. The maximum absolute atomic E-state index is 10.1. The van der Waals surface area contributed by atoms with Gasteiger partial charge in [0.05, 0.1) is 11.7 Å². The van der Waals surface area contributed by atoms with Crippen LogP contribution in [0.5, 0.6) is 0 Å². The Morgan fingerprint density at radius 2 is 2.26 bits per heavy atom. The fraction of sp³-hybridized carbons (Fsp3) is 0.588. The third kappa shape index (κ3) is 5.89. The van der Waals surface area contributed by atoms with E-state index in [9.17, 15) is 4.79 Å². The summed E-state index contributed by atoms with van der Waals surface area (Å²) in [5.41, 5.74) is 1.42. The van der Waals surface area contributed by atoms with Crippen LogP contribution in [-0.2, 0) is 9.53 Å². The molecule has 104 valence electrons. The van der Waals surface area contributed by atoms with Crippen molar-refractivity contribution in [3.8, 4) is 12.3 Å². The normalized spacial score (nSPS) is 26.4. The summed E-state index contributed by atoms with van der Waals surface area (Å²) in [7, 11) is 0. The van der Waals surface area contributed by atoms with Gasteiger partial charge in [0, 0.05) is 6.42 Å². The first kappa shape index (κ1) is 15.7. The van der Waals surface area contributed by atoms with Crippen molar-refractivity contribution in [2.75, 3.05) is 0 Å². The molecular weight excluding hydrogens is 236 g/mol. The highest BCUT2D eigenvalue weighted by molar-refractivity contribution is 5.64. The fourth-order valence-corrected chi connectivity index (χ4v) is 2.26. The van der Waals surface area contributed by atoms with Gasteiger partial charge in [0.15, 0.2) is 0 Å². The molecule has 0 unspecified atom stereocenters. The first-order chi connectivity index (χ1) is 9.12. The molecule has 1 saturated heterocycles. The molecule has 0 aromatic heterocycles. The lowest BCUT2D eigenvalue weighted by Crippen LogP contribution is -2.09. The number of ether oxygens (including phenoxy) is 1. The lowest BCUT2D eigenvalue weighted by atomic mass is 9.97. The van der Waals surface area contributed by atoms with Crippen molar-refractivity contribution in [2.24, 2.45) is 0 Å². The number of carbonyl (C=O) groups excluding carboxylic acids is 1. The third-order valence-electron chi connectivity index (χ3n) is 3.64. The third-order valence-corrected chi connectivity index (χ3v) is 3.64. The molecule has 1 aliphatic heterocycles. The van der Waals surface area contributed by atoms with Crippen molar-refractivity contribution >= 4 is 6.29 Å². The summed E-state index contributed by atoms with van der Waals surface area (Å²) in [6, 6.07) is 0. The maximum atomic E-state index is 10.1. The van der Waals surface area contributed by atoms with Crippen LogP contribution in [0, 0.1) is 12.3 Å². The van der Waals surface area contributed by atoms with Crippen LogP contribution >= 0.6 is 0 Å². The van der Waals surface area contributed by atoms with Crippen LogP contribution < -0.4 is 0 Å². The van der Waals surface area contributed by atoms with Gasteiger partial charge in [-0.25, -0.2) is 0 Å². The molecule has 2 atom stereocenters. The average Bonchev–Trinajstić information content (AvgIpc) is 3.03. The van der Waals surface area contributed by atoms with Crippen molar-refractivity contribution in [1.29, 1.82) is 0 Å². The van der Waals surface area contributed by atoms with Gasteiger partial charge in [-0.3, -0.25) is 4.79 Å². The van der Waals surface area contributed by atoms with E-state index < -0.39 is 0 Å². The van der Waals surface area contributed by atoms with Crippen LogP contribution in [0.1, 0.15) is 52.4 Å². The Morgan fingerprint density at radius 1 is 1.47 bits per heavy atom. The monoisotopic (exact) mass is 260 g/mol. The first-order valence-electron chi connectivity index (χ1n) is 6.99. The van der Waals surface area contributed by atoms with E-state index >= 15 is 0 Å². The molecule has 0 aliphatic carbocycles. The summed E-state index contributed by atoms with van der Waals surface area (Å²) in [5, 5.41) is 0. The molecule has 19 heavy (non-hydrogen) atoms. The quantitative estimate of drug-likeness (QED) is 0.207. The molecule has 2 heteroatoms. The van der Waals surface area contributed by atoms with E-state index in [4.69, 9.17) is 11.2 Å². The van der Waals surface area contributed by atoms with Crippen molar-refractivity contribution in [1.82, 2.24) is 0 Å². The van der Waals surface area contributed by atoms with Gasteiger partial charge in [-0.2, -0.15) is 0 Å². The lowest BCUT2D eigenvalue weighted by Gasteiger charge is -2.04. The minimum atomic E-state index is 0.0467. The summed E-state index contributed by atoms with van der Waals surface area (Å²) >= 11 is 0. The molecule has 0 bridgehead atoms. The first-order valence-corrected chi connectivity index (χ1v) is 6.99. The summed E-state index contributed by atoms with van der Waals surface area (Å²) in [6.07, 6.45) is 18.0. The van der Waals surface area contributed by atoms with E-state index in [-0.39, 0.29) is 5.60 Å². The Labute approximate surface area is 116 Å². The minimum absolute atomic E-state index is 0.0467. The highest BCUT2D eigenvalue weighted by Crippen LogP contribution is 2.42. The Bertz CT molecular complexity index is 387. The predicted molar refractivity (Wildman–Crippen MR) is 78.8 cm³/mol. The molecule has 0 amide bonds. The van der Waals surface area contributed by atoms with Crippen LogP contribution in [0.3, 0.4) is 0 Å². The molecule has 1 heterocycles. The second kappa shape index (κ2) is 7.96. The zero-order valence-corrected chi connectivity index (χ0v) is 12.0. The van der Waals surface area contributed by atoms with E-state index in [2.05, 4.69) is 25.8 Å². The largest absolute Gasteiger partial charge is 0.366 e. The average molecular weight is 260 g/mol. The number of carbonyl (C=O) groups is 1. The second-order valence-corrected chi connectivity index (χ2v) is 5.35. The van der Waals surface area contributed by atoms with Gasteiger partial charge in [-0.1, -0.05) is 17.7 Å². The van der Waals surface area contributed by atoms with Gasteiger partial charge >= 0.3 is 0 Å². The van der Waals surface area contributed by atoms with Gasteiger partial charge in [-0.15, -0.1) is 12.3 Å². The molecule has 0 N–H and O–H groups in total. The zero-order valence-electron chi connectivity index (χ0n) is 12.0. The van der Waals surface area contributed by atoms with Crippen LogP contribution in [-0.4, -0.2) is 18.0 Å². The summed E-state index contributed by atoms with van der Waals surface area (Å²) in [5.74, 6) is 2.66. The number of epoxide rings is 1. The molecule has 2 nitrogen and oxygen atoms in total. The topological polar surface area (TPSA) is 29.6 Å². The van der Waals surface area contributed by atoms with Crippen LogP contribution in [0.25, 0.3) is 0 Å². The summed E-state index contributed by atoms with van der Waals surface area (Å²) in [4.78, 5) is 10.1. The predicted octanol–water partition coefficient (Wildman–Crippen LogP) is 3.82. The molecule has 0 aromatic rings. The number of aldehydes is 1. The van der Waals surface area contributed by atoms with Crippen LogP contribution in [0.4, 0.5) is 0 Å². The number of rotatable bonds is 9. The zero-order chi connectivity index (χ0) is 14.1. The second-order valence-electron chi connectivity index (χ2n) is 5.35. The van der Waals surface area contributed by atoms with Crippen LogP contribution in [0.15, 0.2) is 23.8 Å². The molecule has 1 aliphatic rings. The Balaban J connectivity index is 2.17. The van der Waals surface area contributed by atoms with E-state index in [0.717, 1.165) is 44.8 Å². The molecule has 0 radical (unpaired) electrons. The molecule has 1 fully saturated rings. The fourth-order valence-electron chi connectivity index (χ4n) is 2.26. The molecule has 1 rings (SSSR count). The van der Waals surface area contributed by atoms with Gasteiger partial charge in [0.2, 0.25) is 0 Å². The highest BCUT2D eigenvalue weighted by Gasteiger charge is 2.50. The molecule has 0 aromatic carbocycles. The van der Waals surface area contributed by atoms with Crippen molar-refractivity contribution < 1.29 is 9.53 Å². The van der Waals surface area contributed by atoms with Gasteiger partial charge in [-0.05, 0) is 52.0 Å². The lowest BCUT2D eigenvalue weighted by molar-refractivity contribution is -0.104. The van der Waals surface area contributed by atoms with E-state index in [1.807, 2.05) is 6.08 Å². The van der Waals surface area contributed by atoms with Crippen molar-refractivity contribution in [3.05, 3.63) is 23.8 Å². The van der Waals surface area contributed by atoms with Crippen molar-refractivity contribution in [3.63, 3.8) is 0 Å². The van der Waals surface area contributed by atoms with Gasteiger partial charge in [0.1, 0.15) is 6.29 Å². The highest BCUT2D eigenvalue weighted by atomic mass is 16.6. The smallest absolute Gasteiger partial charge is 0.142 e. The SMILES string of the molecule is C#CCC[C@@H]1O[C@@]1(C)CCC=C(C)CCC=CC=O. The Hall–Kier alpha value is -1.33. The van der Waals surface area contributed by atoms with Gasteiger partial charge < -0.3 is 4.74 Å². The van der Waals surface area contributed by atoms with E-state index in [0.29, 0.717) is 6.10 Å². The Kier molecular flexibility index (Phi) is 6.59. The molecule has 0 saturated carbocycles. The summed E-state index contributed by atoms with van der Waals surface area (Å²) in [6.45, 7) is 4.31. The van der Waals surface area contributed by atoms with Crippen LogP contribution in [0.2, 0.25) is 0 Å². The van der Waals surface area contributed by atoms with E-state index in [1.54, 1.807) is 6.08 Å². The number of hydrogen-bond acceptors (Lipinski definition) is 2. The number of hydrogen-bond donors (Lipinski definition) is 0. The summed E-state index contributed by atoms with van der Waals surface area (Å²) < 4.78 is 5.73. The number of terminal acetylenes is 1. The standard InChI is InChI=1S/C17H24O2/c1-4-5-12-16-17(3,19-16)13-9-11-15(2)10-7-6-8-14-18/h1,6,8,11,14,16H,5,7,9-10,12-13H2,2-3H3/t16-,17-/m0/s1. The molecule has 0 spiro atoms. The number of allylic oxidation sites excluding steroid dienone is 4. The van der Waals surface area contributed by atoms with Gasteiger partial charge in [0.25, 0.3) is 0 Å². The van der Waals surface area contributed by atoms with Crippen molar-refractivity contribution in [2.45, 2.75) is 64.1 Å². The minimum Gasteiger partial charge on any atom is -0.366 e. The Morgan fingerprint density at radius 3 is 2.95 bits per heavy atom.